The van der Waals surface area contributed by atoms with Gasteiger partial charge in [-0.15, -0.1) is 0 Å². The molecule has 0 aliphatic carbocycles. The zero-order valence-electron chi connectivity index (χ0n) is 11.5. The van der Waals surface area contributed by atoms with Gasteiger partial charge in [0.15, 0.2) is 11.5 Å². The molecule has 7 nitrogen and oxygen atoms in total. The number of nitrogens with one attached hydrogen (secondary N) is 2. The van der Waals surface area contributed by atoms with Crippen LogP contribution in [-0.4, -0.2) is 49.9 Å². The van der Waals surface area contributed by atoms with Crippen molar-refractivity contribution in [3.05, 3.63) is 12.7 Å². The number of H-pyrrole nitrogens is 1. The molecule has 2 aromatic heterocycles. The quantitative estimate of drug-likeness (QED) is 0.873. The van der Waals surface area contributed by atoms with Crippen LogP contribution in [0.3, 0.4) is 0 Å². The summed E-state index contributed by atoms with van der Waals surface area (Å²) >= 11 is 0. The van der Waals surface area contributed by atoms with Crippen molar-refractivity contribution in [1.29, 1.82) is 0 Å². The first kappa shape index (κ1) is 12.8. The summed E-state index contributed by atoms with van der Waals surface area (Å²) < 4.78 is 0. The molecule has 2 N–H and O–H groups in total. The number of carbonyl (C=O) groups excluding carboxylic acids is 1. The van der Waals surface area contributed by atoms with Crippen molar-refractivity contribution in [3.8, 4) is 0 Å². The molecule has 0 saturated carbocycles. The smallest absolute Gasteiger partial charge is 0.222 e. The number of anilines is 1. The number of amides is 1. The zero-order valence-corrected chi connectivity index (χ0v) is 11.5. The summed E-state index contributed by atoms with van der Waals surface area (Å²) in [7, 11) is 0. The molecule has 0 spiro atoms. The van der Waals surface area contributed by atoms with E-state index in [1.165, 1.54) is 6.33 Å². The van der Waals surface area contributed by atoms with Gasteiger partial charge in [0.05, 0.1) is 6.33 Å². The van der Waals surface area contributed by atoms with Crippen molar-refractivity contribution in [1.82, 2.24) is 24.8 Å². The second kappa shape index (κ2) is 5.44. The Morgan fingerprint density at radius 3 is 3.15 bits per heavy atom. The average molecular weight is 274 g/mol. The first-order chi connectivity index (χ1) is 9.75. The Morgan fingerprint density at radius 2 is 2.30 bits per heavy atom. The molecule has 1 amide bonds. The summed E-state index contributed by atoms with van der Waals surface area (Å²) in [5.74, 6) is 0.976. The molecule has 1 fully saturated rings. The number of hydrogen-bond acceptors (Lipinski definition) is 5. The second-order valence-electron chi connectivity index (χ2n) is 5.10. The summed E-state index contributed by atoms with van der Waals surface area (Å²) in [6.45, 7) is 3.57. The van der Waals surface area contributed by atoms with Crippen molar-refractivity contribution in [2.45, 2.75) is 32.2 Å². The fraction of sp³-hybridized carbons (Fsp3) is 0.538. The Balaban J connectivity index is 1.66. The molecule has 1 atom stereocenters. The highest BCUT2D eigenvalue weighted by atomic mass is 16.2. The number of aromatic amines is 1. The fourth-order valence-electron chi connectivity index (χ4n) is 2.55. The lowest BCUT2D eigenvalue weighted by Crippen LogP contribution is -2.44. The van der Waals surface area contributed by atoms with Gasteiger partial charge < -0.3 is 15.2 Å². The summed E-state index contributed by atoms with van der Waals surface area (Å²) in [5, 5.41) is 3.28. The third-order valence-electron chi connectivity index (χ3n) is 3.68. The number of fused-ring (bicyclic) bond motifs is 1. The second-order valence-corrected chi connectivity index (χ2v) is 5.10. The average Bonchev–Trinajstić information content (AvgIpc) is 2.94. The van der Waals surface area contributed by atoms with Gasteiger partial charge in [-0.25, -0.2) is 15.0 Å². The van der Waals surface area contributed by atoms with E-state index in [0.29, 0.717) is 18.6 Å². The molecule has 1 aliphatic heterocycles. The summed E-state index contributed by atoms with van der Waals surface area (Å²) in [6.07, 6.45) is 5.86. The van der Waals surface area contributed by atoms with Crippen LogP contribution in [0.4, 0.5) is 5.82 Å². The molecule has 20 heavy (non-hydrogen) atoms. The summed E-state index contributed by atoms with van der Waals surface area (Å²) in [4.78, 5) is 29.2. The Bertz CT molecular complexity index is 610. The lowest BCUT2D eigenvalue weighted by Gasteiger charge is -2.32. The van der Waals surface area contributed by atoms with Crippen LogP contribution in [0, 0.1) is 0 Å². The number of rotatable bonds is 4. The highest BCUT2D eigenvalue weighted by Crippen LogP contribution is 2.17. The van der Waals surface area contributed by atoms with Crippen LogP contribution < -0.4 is 5.32 Å². The highest BCUT2D eigenvalue weighted by Gasteiger charge is 2.23. The third-order valence-corrected chi connectivity index (χ3v) is 3.68. The van der Waals surface area contributed by atoms with E-state index in [1.54, 1.807) is 6.33 Å². The van der Waals surface area contributed by atoms with Crippen molar-refractivity contribution >= 4 is 22.9 Å². The van der Waals surface area contributed by atoms with Gasteiger partial charge in [-0.2, -0.15) is 0 Å². The van der Waals surface area contributed by atoms with Crippen LogP contribution in [0.25, 0.3) is 11.2 Å². The molecule has 1 unspecified atom stereocenters. The van der Waals surface area contributed by atoms with Crippen LogP contribution in [0.1, 0.15) is 26.2 Å². The Hall–Kier alpha value is -2.18. The minimum absolute atomic E-state index is 0.149. The van der Waals surface area contributed by atoms with Crippen LogP contribution in [-0.2, 0) is 4.79 Å². The maximum atomic E-state index is 11.9. The topological polar surface area (TPSA) is 86.8 Å². The summed E-state index contributed by atoms with van der Waals surface area (Å²) in [5.41, 5.74) is 1.44. The number of carbonyl (C=O) groups is 1. The van der Waals surface area contributed by atoms with E-state index >= 15 is 0 Å². The molecule has 3 heterocycles. The van der Waals surface area contributed by atoms with E-state index in [0.717, 1.165) is 30.7 Å². The van der Waals surface area contributed by atoms with E-state index in [4.69, 9.17) is 0 Å². The molecule has 1 saturated heterocycles. The monoisotopic (exact) mass is 274 g/mol. The van der Waals surface area contributed by atoms with Gasteiger partial charge in [-0.05, 0) is 19.8 Å². The Morgan fingerprint density at radius 1 is 1.40 bits per heavy atom. The molecule has 0 aromatic carbocycles. The normalized spacial score (nSPS) is 17.4. The number of hydrogen-bond donors (Lipinski definition) is 2. The fourth-order valence-corrected chi connectivity index (χ4v) is 2.55. The van der Waals surface area contributed by atoms with Crippen LogP contribution in [0.5, 0.6) is 0 Å². The van der Waals surface area contributed by atoms with Gasteiger partial charge in [-0.3, -0.25) is 4.79 Å². The lowest BCUT2D eigenvalue weighted by molar-refractivity contribution is -0.135. The molecule has 106 valence electrons. The number of likely N-dealkylation sites (tertiary alicyclic amines) is 1. The standard InChI is InChI=1S/C13H18N6O/c1-9(19-5-3-2-4-10(19)20)6-14-12-11-13(16-7-15-11)18-8-17-12/h7-9H,2-6H2,1H3,(H2,14,15,16,17,18). The Kier molecular flexibility index (Phi) is 3.49. The zero-order chi connectivity index (χ0) is 13.9. The number of aromatic nitrogens is 4. The van der Waals surface area contributed by atoms with Crippen molar-refractivity contribution in [2.75, 3.05) is 18.4 Å². The van der Waals surface area contributed by atoms with Gasteiger partial charge in [0.1, 0.15) is 11.8 Å². The maximum Gasteiger partial charge on any atom is 0.222 e. The summed E-state index contributed by atoms with van der Waals surface area (Å²) in [6, 6.07) is 0.149. The Labute approximate surface area is 116 Å². The van der Waals surface area contributed by atoms with Gasteiger partial charge in [-0.1, -0.05) is 0 Å². The van der Waals surface area contributed by atoms with Crippen LogP contribution in [0.2, 0.25) is 0 Å². The predicted octanol–water partition coefficient (Wildman–Crippen LogP) is 1.17. The van der Waals surface area contributed by atoms with E-state index < -0.39 is 0 Å². The minimum Gasteiger partial charge on any atom is -0.366 e. The lowest BCUT2D eigenvalue weighted by atomic mass is 10.1. The molecular weight excluding hydrogens is 256 g/mol. The van der Waals surface area contributed by atoms with E-state index in [9.17, 15) is 4.79 Å². The van der Waals surface area contributed by atoms with Gasteiger partial charge in [0.2, 0.25) is 5.91 Å². The largest absolute Gasteiger partial charge is 0.366 e. The van der Waals surface area contributed by atoms with Gasteiger partial charge in [0, 0.05) is 25.6 Å². The number of nitrogens with zero attached hydrogens (tertiary/aromatic N) is 4. The predicted molar refractivity (Wildman–Crippen MR) is 75.2 cm³/mol. The van der Waals surface area contributed by atoms with Gasteiger partial charge >= 0.3 is 0 Å². The third kappa shape index (κ3) is 2.43. The molecular formula is C13H18N6O. The number of piperidine rings is 1. The highest BCUT2D eigenvalue weighted by molar-refractivity contribution is 5.82. The molecule has 2 aromatic rings. The van der Waals surface area contributed by atoms with Gasteiger partial charge in [0.25, 0.3) is 0 Å². The molecule has 0 bridgehead atoms. The van der Waals surface area contributed by atoms with Crippen molar-refractivity contribution < 1.29 is 4.79 Å². The van der Waals surface area contributed by atoms with Crippen molar-refractivity contribution in [3.63, 3.8) is 0 Å². The van der Waals surface area contributed by atoms with Crippen LogP contribution in [0.15, 0.2) is 12.7 Å². The SMILES string of the molecule is CC(CNc1ncnc2nc[nH]c12)N1CCCCC1=O. The first-order valence-electron chi connectivity index (χ1n) is 6.93. The van der Waals surface area contributed by atoms with E-state index in [1.807, 2.05) is 4.90 Å². The van der Waals surface area contributed by atoms with Crippen LogP contribution >= 0.6 is 0 Å². The minimum atomic E-state index is 0.149. The maximum absolute atomic E-state index is 11.9. The van der Waals surface area contributed by atoms with E-state index in [2.05, 4.69) is 32.2 Å². The molecule has 3 rings (SSSR count). The van der Waals surface area contributed by atoms with E-state index in [-0.39, 0.29) is 11.9 Å². The number of imidazole rings is 1. The van der Waals surface area contributed by atoms with Crippen molar-refractivity contribution in [2.24, 2.45) is 0 Å². The molecule has 1 aliphatic rings. The first-order valence-corrected chi connectivity index (χ1v) is 6.93. The molecule has 7 heteroatoms. The molecule has 0 radical (unpaired) electrons.